The molecule has 4 N–H and O–H groups in total. The molecule has 106 valence electrons. The largest absolute Gasteiger partial charge is 0.475 e. The van der Waals surface area contributed by atoms with Gasteiger partial charge in [-0.3, -0.25) is 5.73 Å². The first-order valence-corrected chi connectivity index (χ1v) is 6.30. The van der Waals surface area contributed by atoms with Crippen LogP contribution in [0.15, 0.2) is 28.7 Å². The maximum atomic E-state index is 14.3. The van der Waals surface area contributed by atoms with Crippen molar-refractivity contribution < 1.29 is 17.9 Å². The number of benzene rings is 2. The zero-order valence-electron chi connectivity index (χ0n) is 10.1. The summed E-state index contributed by atoms with van der Waals surface area (Å²) in [6.45, 7) is -0.345. The fourth-order valence-electron chi connectivity index (χ4n) is 1.77. The van der Waals surface area contributed by atoms with Gasteiger partial charge < -0.3 is 10.5 Å². The van der Waals surface area contributed by atoms with Crippen molar-refractivity contribution in [2.24, 2.45) is 5.73 Å². The summed E-state index contributed by atoms with van der Waals surface area (Å²) < 4.78 is 47.1. The van der Waals surface area contributed by atoms with Gasteiger partial charge in [-0.25, -0.2) is 13.2 Å². The van der Waals surface area contributed by atoms with E-state index >= 15 is 0 Å². The topological polar surface area (TPSA) is 61.3 Å². The molecule has 0 aromatic heterocycles. The van der Waals surface area contributed by atoms with Crippen LogP contribution in [0.3, 0.4) is 0 Å². The Morgan fingerprint density at radius 3 is 2.40 bits per heavy atom. The molecule has 0 aliphatic rings. The van der Waals surface area contributed by atoms with Crippen LogP contribution in [0.2, 0.25) is 0 Å². The summed E-state index contributed by atoms with van der Waals surface area (Å²) in [5.74, 6) is -3.03. The number of hydrogen-bond donors (Lipinski definition) is 2. The Morgan fingerprint density at radius 2 is 1.80 bits per heavy atom. The lowest BCUT2D eigenvalue weighted by molar-refractivity contribution is 0.311. The van der Waals surface area contributed by atoms with Gasteiger partial charge in [0.05, 0.1) is 11.3 Å². The van der Waals surface area contributed by atoms with Crippen molar-refractivity contribution in [3.05, 3.63) is 46.2 Å². The first-order chi connectivity index (χ1) is 9.45. The van der Waals surface area contributed by atoms with Crippen molar-refractivity contribution in [3.8, 4) is 16.9 Å². The Hall–Kier alpha value is -1.73. The molecule has 0 unspecified atom stereocenters. The second-order valence-electron chi connectivity index (χ2n) is 3.89. The zero-order valence-corrected chi connectivity index (χ0v) is 11.7. The lowest BCUT2D eigenvalue weighted by Crippen LogP contribution is -2.10. The molecule has 0 radical (unpaired) electrons. The fourth-order valence-corrected chi connectivity index (χ4v) is 2.10. The lowest BCUT2D eigenvalue weighted by atomic mass is 10.0. The van der Waals surface area contributed by atoms with Crippen molar-refractivity contribution in [1.82, 2.24) is 0 Å². The van der Waals surface area contributed by atoms with E-state index in [9.17, 15) is 13.2 Å². The molecule has 0 fully saturated rings. The molecule has 0 aliphatic carbocycles. The molecule has 0 aliphatic heterocycles. The maximum Gasteiger partial charge on any atom is 0.175 e. The summed E-state index contributed by atoms with van der Waals surface area (Å²) >= 11 is 3.08. The smallest absolute Gasteiger partial charge is 0.175 e. The number of ether oxygens (including phenoxy) is 1. The van der Waals surface area contributed by atoms with E-state index in [1.165, 1.54) is 12.1 Å². The Kier molecular flexibility index (Phi) is 4.20. The van der Waals surface area contributed by atoms with E-state index in [2.05, 4.69) is 15.9 Å². The molecule has 2 rings (SSSR count). The maximum absolute atomic E-state index is 14.3. The van der Waals surface area contributed by atoms with E-state index in [-0.39, 0.29) is 12.3 Å². The average Bonchev–Trinajstić information content (AvgIpc) is 2.39. The summed E-state index contributed by atoms with van der Waals surface area (Å²) in [4.78, 5) is 0. The van der Waals surface area contributed by atoms with Crippen LogP contribution in [-0.2, 0) is 0 Å². The summed E-state index contributed by atoms with van der Waals surface area (Å²) in [6.07, 6.45) is 0. The van der Waals surface area contributed by atoms with Crippen LogP contribution in [0, 0.1) is 17.5 Å². The van der Waals surface area contributed by atoms with Gasteiger partial charge in [-0.05, 0) is 12.1 Å². The summed E-state index contributed by atoms with van der Waals surface area (Å²) in [5.41, 5.74) is 9.60. The van der Waals surface area contributed by atoms with E-state index in [4.69, 9.17) is 16.2 Å². The molecule has 0 saturated carbocycles. The molecule has 0 bridgehead atoms. The number of anilines is 1. The van der Waals surface area contributed by atoms with E-state index in [1.54, 1.807) is 0 Å². The second-order valence-corrected chi connectivity index (χ2v) is 4.81. The van der Waals surface area contributed by atoms with Gasteiger partial charge in [-0.2, -0.15) is 0 Å². The summed E-state index contributed by atoms with van der Waals surface area (Å²) in [5, 5.41) is 0. The molecule has 0 atom stereocenters. The number of halogens is 4. The molecule has 0 heterocycles. The minimum Gasteiger partial charge on any atom is -0.475 e. The highest BCUT2D eigenvalue weighted by atomic mass is 79.9. The number of nitrogens with two attached hydrogens (primary N) is 2. The quantitative estimate of drug-likeness (QED) is 0.661. The Labute approximate surface area is 121 Å². The van der Waals surface area contributed by atoms with Gasteiger partial charge in [0, 0.05) is 16.1 Å². The normalized spacial score (nSPS) is 10.7. The first kappa shape index (κ1) is 14.7. The Morgan fingerprint density at radius 1 is 1.10 bits per heavy atom. The van der Waals surface area contributed by atoms with E-state index in [0.29, 0.717) is 4.47 Å². The monoisotopic (exact) mass is 346 g/mol. The molecular formula is C13H10BrF3N2O. The zero-order chi connectivity index (χ0) is 14.9. The number of nitrogen functional groups attached to an aromatic ring is 1. The molecule has 2 aromatic rings. The third-order valence-electron chi connectivity index (χ3n) is 2.66. The molecule has 7 heteroatoms. The van der Waals surface area contributed by atoms with Gasteiger partial charge in [0.1, 0.15) is 12.5 Å². The van der Waals surface area contributed by atoms with Crippen molar-refractivity contribution in [3.63, 3.8) is 0 Å². The van der Waals surface area contributed by atoms with Crippen molar-refractivity contribution in [2.75, 3.05) is 12.5 Å². The van der Waals surface area contributed by atoms with E-state index in [0.717, 1.165) is 12.1 Å². The number of rotatable bonds is 3. The molecule has 0 amide bonds. The highest BCUT2D eigenvalue weighted by Crippen LogP contribution is 2.38. The van der Waals surface area contributed by atoms with Gasteiger partial charge in [-0.15, -0.1) is 0 Å². The van der Waals surface area contributed by atoms with Gasteiger partial charge in [0.25, 0.3) is 0 Å². The molecule has 0 spiro atoms. The van der Waals surface area contributed by atoms with Crippen molar-refractivity contribution >= 4 is 21.6 Å². The third-order valence-corrected chi connectivity index (χ3v) is 3.15. The Bertz CT molecular complexity index is 665. The minimum absolute atomic E-state index is 0.162. The Balaban J connectivity index is 2.72. The second kappa shape index (κ2) is 5.72. The molecular weight excluding hydrogens is 337 g/mol. The van der Waals surface area contributed by atoms with Crippen molar-refractivity contribution in [1.29, 1.82) is 0 Å². The first-order valence-electron chi connectivity index (χ1n) is 5.51. The average molecular weight is 347 g/mol. The van der Waals surface area contributed by atoms with Crippen LogP contribution >= 0.6 is 15.9 Å². The van der Waals surface area contributed by atoms with Gasteiger partial charge >= 0.3 is 0 Å². The molecule has 0 saturated heterocycles. The summed E-state index contributed by atoms with van der Waals surface area (Å²) in [6, 6.07) is 4.69. The predicted octanol–water partition coefficient (Wildman–Crippen LogP) is 3.41. The lowest BCUT2D eigenvalue weighted by Gasteiger charge is -2.13. The van der Waals surface area contributed by atoms with Gasteiger partial charge in [-0.1, -0.05) is 22.0 Å². The highest BCUT2D eigenvalue weighted by Gasteiger charge is 2.21. The van der Waals surface area contributed by atoms with Crippen LogP contribution in [-0.4, -0.2) is 6.73 Å². The highest BCUT2D eigenvalue weighted by molar-refractivity contribution is 9.10. The molecule has 3 nitrogen and oxygen atoms in total. The van der Waals surface area contributed by atoms with Crippen LogP contribution in [0.4, 0.5) is 18.9 Å². The van der Waals surface area contributed by atoms with Crippen LogP contribution in [0.5, 0.6) is 5.75 Å². The van der Waals surface area contributed by atoms with Gasteiger partial charge in [0.15, 0.2) is 17.4 Å². The standard InChI is InChI=1S/C13H10BrF3N2O/c14-6-1-2-7(8(15)3-6)11-12(17)10(20-5-18)4-9(16)13(11)19/h1-4H,5,18-19H2. The predicted molar refractivity (Wildman–Crippen MR) is 73.5 cm³/mol. The SMILES string of the molecule is NCOc1cc(F)c(N)c(-c2ccc(Br)cc2F)c1F. The minimum atomic E-state index is -0.962. The fraction of sp³-hybridized carbons (Fsp3) is 0.0769. The van der Waals surface area contributed by atoms with Crippen LogP contribution in [0.1, 0.15) is 0 Å². The van der Waals surface area contributed by atoms with Crippen LogP contribution in [0.25, 0.3) is 11.1 Å². The van der Waals surface area contributed by atoms with E-state index in [1.807, 2.05) is 0 Å². The molecule has 20 heavy (non-hydrogen) atoms. The number of hydrogen-bond acceptors (Lipinski definition) is 3. The summed E-state index contributed by atoms with van der Waals surface area (Å²) in [7, 11) is 0. The molecule has 2 aromatic carbocycles. The van der Waals surface area contributed by atoms with Gasteiger partial charge in [0.2, 0.25) is 0 Å². The van der Waals surface area contributed by atoms with Crippen molar-refractivity contribution in [2.45, 2.75) is 0 Å². The van der Waals surface area contributed by atoms with Crippen LogP contribution < -0.4 is 16.2 Å². The van der Waals surface area contributed by atoms with E-state index < -0.39 is 34.5 Å². The third kappa shape index (κ3) is 2.59.